The molecule has 0 bridgehead atoms. The van der Waals surface area contributed by atoms with Crippen molar-refractivity contribution in [2.45, 2.75) is 18.9 Å². The SMILES string of the molecule is CN1c2cc(N)ccc2OCC1CCCN. The number of nitrogen functional groups attached to an aromatic ring is 1. The molecular formula is C12H19N3O. The van der Waals surface area contributed by atoms with Gasteiger partial charge in [-0.15, -0.1) is 0 Å². The van der Waals surface area contributed by atoms with Gasteiger partial charge in [-0.1, -0.05) is 0 Å². The zero-order chi connectivity index (χ0) is 11.5. The van der Waals surface area contributed by atoms with Crippen molar-refractivity contribution in [1.29, 1.82) is 0 Å². The minimum atomic E-state index is 0.401. The third-order valence-electron chi connectivity index (χ3n) is 3.08. The van der Waals surface area contributed by atoms with Crippen LogP contribution >= 0.6 is 0 Å². The predicted molar refractivity (Wildman–Crippen MR) is 66.8 cm³/mol. The van der Waals surface area contributed by atoms with Crippen molar-refractivity contribution in [1.82, 2.24) is 0 Å². The van der Waals surface area contributed by atoms with Crippen molar-refractivity contribution in [2.75, 3.05) is 30.8 Å². The first-order valence-corrected chi connectivity index (χ1v) is 5.67. The van der Waals surface area contributed by atoms with Crippen molar-refractivity contribution in [3.8, 4) is 5.75 Å². The molecule has 4 N–H and O–H groups in total. The molecule has 1 aromatic rings. The van der Waals surface area contributed by atoms with Crippen LogP contribution in [0.15, 0.2) is 18.2 Å². The normalized spacial score (nSPS) is 19.1. The average molecular weight is 221 g/mol. The lowest BCUT2D eigenvalue weighted by Gasteiger charge is -2.36. The van der Waals surface area contributed by atoms with E-state index in [9.17, 15) is 0 Å². The number of benzene rings is 1. The monoisotopic (exact) mass is 221 g/mol. The summed E-state index contributed by atoms with van der Waals surface area (Å²) in [4.78, 5) is 2.24. The van der Waals surface area contributed by atoms with E-state index in [1.54, 1.807) is 0 Å². The van der Waals surface area contributed by atoms with Crippen LogP contribution in [0, 0.1) is 0 Å². The van der Waals surface area contributed by atoms with Gasteiger partial charge in [0.05, 0.1) is 11.7 Å². The first kappa shape index (κ1) is 11.1. The van der Waals surface area contributed by atoms with Crippen LogP contribution in [0.2, 0.25) is 0 Å². The molecule has 1 aromatic carbocycles. The molecule has 0 radical (unpaired) electrons. The highest BCUT2D eigenvalue weighted by molar-refractivity contribution is 5.66. The van der Waals surface area contributed by atoms with Gasteiger partial charge < -0.3 is 21.1 Å². The molecule has 0 aromatic heterocycles. The molecule has 0 fully saturated rings. The summed E-state index contributed by atoms with van der Waals surface area (Å²) in [5, 5.41) is 0. The second kappa shape index (κ2) is 4.61. The summed E-state index contributed by atoms with van der Waals surface area (Å²) in [5.41, 5.74) is 13.2. The number of hydrogen-bond donors (Lipinski definition) is 2. The van der Waals surface area contributed by atoms with E-state index in [1.807, 2.05) is 18.2 Å². The Labute approximate surface area is 96.2 Å². The summed E-state index contributed by atoms with van der Waals surface area (Å²) in [5.74, 6) is 0.917. The van der Waals surface area contributed by atoms with E-state index in [1.165, 1.54) is 0 Å². The second-order valence-electron chi connectivity index (χ2n) is 4.23. The number of rotatable bonds is 3. The van der Waals surface area contributed by atoms with Crippen LogP contribution in [0.3, 0.4) is 0 Å². The Balaban J connectivity index is 2.17. The van der Waals surface area contributed by atoms with Crippen molar-refractivity contribution in [2.24, 2.45) is 5.73 Å². The highest BCUT2D eigenvalue weighted by Gasteiger charge is 2.24. The smallest absolute Gasteiger partial charge is 0.142 e. The largest absolute Gasteiger partial charge is 0.489 e. The van der Waals surface area contributed by atoms with Gasteiger partial charge in [-0.3, -0.25) is 0 Å². The number of anilines is 2. The molecule has 1 atom stereocenters. The molecule has 0 spiro atoms. The number of fused-ring (bicyclic) bond motifs is 1. The molecule has 1 unspecified atom stereocenters. The van der Waals surface area contributed by atoms with E-state index < -0.39 is 0 Å². The fraction of sp³-hybridized carbons (Fsp3) is 0.500. The summed E-state index contributed by atoms with van der Waals surface area (Å²) in [6, 6.07) is 6.16. The second-order valence-corrected chi connectivity index (χ2v) is 4.23. The number of hydrogen-bond acceptors (Lipinski definition) is 4. The molecule has 0 saturated carbocycles. The van der Waals surface area contributed by atoms with Gasteiger partial charge in [0.1, 0.15) is 12.4 Å². The molecule has 0 amide bonds. The van der Waals surface area contributed by atoms with Gasteiger partial charge in [-0.25, -0.2) is 0 Å². The average Bonchev–Trinajstić information content (AvgIpc) is 2.29. The van der Waals surface area contributed by atoms with Gasteiger partial charge >= 0.3 is 0 Å². The lowest BCUT2D eigenvalue weighted by Crippen LogP contribution is -2.40. The maximum atomic E-state index is 5.79. The Morgan fingerprint density at radius 2 is 2.31 bits per heavy atom. The topological polar surface area (TPSA) is 64.5 Å². The summed E-state index contributed by atoms with van der Waals surface area (Å²) < 4.78 is 5.72. The fourth-order valence-corrected chi connectivity index (χ4v) is 2.06. The van der Waals surface area contributed by atoms with Crippen LogP contribution < -0.4 is 21.1 Å². The summed E-state index contributed by atoms with van der Waals surface area (Å²) in [6.07, 6.45) is 2.08. The minimum Gasteiger partial charge on any atom is -0.489 e. The summed E-state index contributed by atoms with van der Waals surface area (Å²) in [7, 11) is 2.09. The predicted octanol–water partition coefficient (Wildman–Crippen LogP) is 1.20. The van der Waals surface area contributed by atoms with Gasteiger partial charge in [-0.2, -0.15) is 0 Å². The lowest BCUT2D eigenvalue weighted by atomic mass is 10.1. The molecule has 0 aliphatic carbocycles. The zero-order valence-electron chi connectivity index (χ0n) is 9.65. The zero-order valence-corrected chi connectivity index (χ0v) is 9.65. The molecule has 4 heteroatoms. The van der Waals surface area contributed by atoms with E-state index in [4.69, 9.17) is 16.2 Å². The highest BCUT2D eigenvalue weighted by Crippen LogP contribution is 2.35. The molecule has 4 nitrogen and oxygen atoms in total. The molecule has 1 heterocycles. The van der Waals surface area contributed by atoms with Gasteiger partial charge in [0.25, 0.3) is 0 Å². The van der Waals surface area contributed by atoms with Crippen LogP contribution in [-0.2, 0) is 0 Å². The lowest BCUT2D eigenvalue weighted by molar-refractivity contribution is 0.258. The Kier molecular flexibility index (Phi) is 3.19. The Morgan fingerprint density at radius 1 is 1.50 bits per heavy atom. The van der Waals surface area contributed by atoms with E-state index in [2.05, 4.69) is 11.9 Å². The van der Waals surface area contributed by atoms with Crippen molar-refractivity contribution < 1.29 is 4.74 Å². The summed E-state index contributed by atoms with van der Waals surface area (Å²) >= 11 is 0. The minimum absolute atomic E-state index is 0.401. The molecule has 1 aliphatic heterocycles. The van der Waals surface area contributed by atoms with Crippen LogP contribution in [0.1, 0.15) is 12.8 Å². The Bertz CT molecular complexity index is 367. The first-order chi connectivity index (χ1) is 7.72. The molecular weight excluding hydrogens is 202 g/mol. The number of nitrogens with two attached hydrogens (primary N) is 2. The molecule has 2 rings (SSSR count). The Hall–Kier alpha value is -1.42. The molecule has 0 saturated heterocycles. The van der Waals surface area contributed by atoms with Gasteiger partial charge in [-0.05, 0) is 37.6 Å². The van der Waals surface area contributed by atoms with E-state index in [0.29, 0.717) is 6.04 Å². The highest BCUT2D eigenvalue weighted by atomic mass is 16.5. The summed E-state index contributed by atoms with van der Waals surface area (Å²) in [6.45, 7) is 1.46. The third-order valence-corrected chi connectivity index (χ3v) is 3.08. The van der Waals surface area contributed by atoms with E-state index >= 15 is 0 Å². The van der Waals surface area contributed by atoms with Crippen molar-refractivity contribution >= 4 is 11.4 Å². The maximum absolute atomic E-state index is 5.79. The van der Waals surface area contributed by atoms with E-state index in [0.717, 1.165) is 43.1 Å². The third kappa shape index (κ3) is 2.07. The molecule has 16 heavy (non-hydrogen) atoms. The number of likely N-dealkylation sites (N-methyl/N-ethyl adjacent to an activating group) is 1. The van der Waals surface area contributed by atoms with Gasteiger partial charge in [0, 0.05) is 12.7 Å². The number of nitrogens with zero attached hydrogens (tertiary/aromatic N) is 1. The molecule has 1 aliphatic rings. The van der Waals surface area contributed by atoms with Crippen LogP contribution in [0.4, 0.5) is 11.4 Å². The van der Waals surface area contributed by atoms with Gasteiger partial charge in [0.15, 0.2) is 0 Å². The quantitative estimate of drug-likeness (QED) is 0.753. The van der Waals surface area contributed by atoms with Gasteiger partial charge in [0.2, 0.25) is 0 Å². The molecule has 88 valence electrons. The van der Waals surface area contributed by atoms with Crippen molar-refractivity contribution in [3.05, 3.63) is 18.2 Å². The van der Waals surface area contributed by atoms with E-state index in [-0.39, 0.29) is 0 Å². The Morgan fingerprint density at radius 3 is 3.06 bits per heavy atom. The van der Waals surface area contributed by atoms with Crippen LogP contribution in [0.25, 0.3) is 0 Å². The van der Waals surface area contributed by atoms with Crippen LogP contribution in [0.5, 0.6) is 5.75 Å². The van der Waals surface area contributed by atoms with Crippen LogP contribution in [-0.4, -0.2) is 26.2 Å². The first-order valence-electron chi connectivity index (χ1n) is 5.67. The maximum Gasteiger partial charge on any atom is 0.142 e. The van der Waals surface area contributed by atoms with Crippen molar-refractivity contribution in [3.63, 3.8) is 0 Å². The fourth-order valence-electron chi connectivity index (χ4n) is 2.06. The standard InChI is InChI=1S/C12H19N3O/c1-15-10(3-2-6-13)8-16-12-5-4-9(14)7-11(12)15/h4-5,7,10H,2-3,6,8,13-14H2,1H3. The number of ether oxygens (including phenoxy) is 1.